The Hall–Kier alpha value is -0.0800. The fourth-order valence-electron chi connectivity index (χ4n) is 3.01. The van der Waals surface area contributed by atoms with E-state index in [0.29, 0.717) is 0 Å². The number of hydrogen-bond donors (Lipinski definition) is 2. The van der Waals surface area contributed by atoms with Crippen molar-refractivity contribution in [1.82, 2.24) is 0 Å². The molecule has 0 bridgehead atoms. The molecular weight excluding hydrogens is 172 g/mol. The highest BCUT2D eigenvalue weighted by Gasteiger charge is 2.46. The molecule has 0 saturated heterocycles. The van der Waals surface area contributed by atoms with E-state index in [-0.39, 0.29) is 17.0 Å². The van der Waals surface area contributed by atoms with Gasteiger partial charge in [-0.2, -0.15) is 0 Å². The highest BCUT2D eigenvalue weighted by molar-refractivity contribution is 5.03. The van der Waals surface area contributed by atoms with Crippen LogP contribution in [0.3, 0.4) is 0 Å². The van der Waals surface area contributed by atoms with Gasteiger partial charge in [0.15, 0.2) is 0 Å². The second-order valence-corrected chi connectivity index (χ2v) is 4.52. The minimum atomic E-state index is -0.106. The minimum absolute atomic E-state index is 0.0938. The molecule has 4 N–H and O–H groups in total. The standard InChI is InChI=1S/C12H28N2/c1-6-11(7-2,10(5)13)12(14,8-3)9-4/h10H,6-9,13-14H2,1-5H3. The first kappa shape index (κ1) is 13.9. The van der Waals surface area contributed by atoms with Gasteiger partial charge in [-0.25, -0.2) is 0 Å². The zero-order chi connectivity index (χ0) is 11.4. The van der Waals surface area contributed by atoms with Gasteiger partial charge in [-0.05, 0) is 32.6 Å². The lowest BCUT2D eigenvalue weighted by molar-refractivity contribution is 0.0696. The molecule has 0 heterocycles. The van der Waals surface area contributed by atoms with Gasteiger partial charge >= 0.3 is 0 Å². The van der Waals surface area contributed by atoms with Gasteiger partial charge in [0.25, 0.3) is 0 Å². The van der Waals surface area contributed by atoms with Crippen LogP contribution in [-0.4, -0.2) is 11.6 Å². The summed E-state index contributed by atoms with van der Waals surface area (Å²) < 4.78 is 0. The average molecular weight is 200 g/mol. The van der Waals surface area contributed by atoms with Crippen LogP contribution in [-0.2, 0) is 0 Å². The monoisotopic (exact) mass is 200 g/mol. The first-order chi connectivity index (χ1) is 6.44. The maximum Gasteiger partial charge on any atom is 0.0220 e. The van der Waals surface area contributed by atoms with Gasteiger partial charge in [-0.1, -0.05) is 27.7 Å². The van der Waals surface area contributed by atoms with Crippen LogP contribution in [0.15, 0.2) is 0 Å². The molecule has 0 rings (SSSR count). The van der Waals surface area contributed by atoms with Crippen molar-refractivity contribution in [1.29, 1.82) is 0 Å². The quantitative estimate of drug-likeness (QED) is 0.692. The first-order valence-corrected chi connectivity index (χ1v) is 5.98. The van der Waals surface area contributed by atoms with Gasteiger partial charge in [-0.3, -0.25) is 0 Å². The molecule has 2 nitrogen and oxygen atoms in total. The third-order valence-corrected chi connectivity index (χ3v) is 4.39. The van der Waals surface area contributed by atoms with Gasteiger partial charge in [0.05, 0.1) is 0 Å². The summed E-state index contributed by atoms with van der Waals surface area (Å²) in [5.41, 5.74) is 12.7. The summed E-state index contributed by atoms with van der Waals surface area (Å²) in [6.45, 7) is 10.9. The Bertz CT molecular complexity index is 156. The van der Waals surface area contributed by atoms with Gasteiger partial charge in [0.2, 0.25) is 0 Å². The van der Waals surface area contributed by atoms with Crippen molar-refractivity contribution >= 4 is 0 Å². The topological polar surface area (TPSA) is 52.0 Å². The smallest absolute Gasteiger partial charge is 0.0220 e. The maximum absolute atomic E-state index is 6.52. The summed E-state index contributed by atoms with van der Waals surface area (Å²) >= 11 is 0. The van der Waals surface area contributed by atoms with Crippen molar-refractivity contribution < 1.29 is 0 Å². The van der Waals surface area contributed by atoms with Crippen LogP contribution in [0.25, 0.3) is 0 Å². The van der Waals surface area contributed by atoms with Crippen molar-refractivity contribution in [3.05, 3.63) is 0 Å². The summed E-state index contributed by atoms with van der Waals surface area (Å²) in [5.74, 6) is 0. The molecule has 86 valence electrons. The van der Waals surface area contributed by atoms with E-state index in [1.165, 1.54) is 0 Å². The predicted molar refractivity (Wildman–Crippen MR) is 64.2 cm³/mol. The zero-order valence-corrected chi connectivity index (χ0v) is 10.6. The predicted octanol–water partition coefficient (Wildman–Crippen LogP) is 2.66. The molecule has 0 fully saturated rings. The molecule has 0 radical (unpaired) electrons. The Kier molecular flexibility index (Phi) is 5.10. The van der Waals surface area contributed by atoms with Gasteiger partial charge in [-0.15, -0.1) is 0 Å². The highest BCUT2D eigenvalue weighted by Crippen LogP contribution is 2.43. The number of rotatable bonds is 6. The lowest BCUT2D eigenvalue weighted by Crippen LogP contribution is -2.61. The third-order valence-electron chi connectivity index (χ3n) is 4.39. The van der Waals surface area contributed by atoms with Crippen LogP contribution < -0.4 is 11.5 Å². The van der Waals surface area contributed by atoms with E-state index in [1.807, 2.05) is 0 Å². The van der Waals surface area contributed by atoms with Crippen LogP contribution in [0.4, 0.5) is 0 Å². The largest absolute Gasteiger partial charge is 0.327 e. The summed E-state index contributed by atoms with van der Waals surface area (Å²) in [6.07, 6.45) is 4.15. The van der Waals surface area contributed by atoms with Gasteiger partial charge in [0, 0.05) is 17.0 Å². The van der Waals surface area contributed by atoms with E-state index in [1.54, 1.807) is 0 Å². The van der Waals surface area contributed by atoms with Crippen molar-refractivity contribution in [2.75, 3.05) is 0 Å². The Balaban J connectivity index is 5.14. The second-order valence-electron chi connectivity index (χ2n) is 4.52. The molecule has 0 aromatic heterocycles. The lowest BCUT2D eigenvalue weighted by Gasteiger charge is -2.50. The molecule has 0 aromatic rings. The molecule has 0 aliphatic carbocycles. The van der Waals surface area contributed by atoms with E-state index < -0.39 is 0 Å². The SMILES string of the molecule is CCC(N)(CC)C(CC)(CC)C(C)N. The first-order valence-electron chi connectivity index (χ1n) is 5.98. The van der Waals surface area contributed by atoms with E-state index >= 15 is 0 Å². The molecule has 0 aliphatic heterocycles. The highest BCUT2D eigenvalue weighted by atomic mass is 14.8. The van der Waals surface area contributed by atoms with Crippen molar-refractivity contribution in [2.45, 2.75) is 71.9 Å². The van der Waals surface area contributed by atoms with E-state index in [4.69, 9.17) is 11.5 Å². The van der Waals surface area contributed by atoms with Crippen LogP contribution in [0.2, 0.25) is 0 Å². The Morgan fingerprint density at radius 1 is 0.929 bits per heavy atom. The van der Waals surface area contributed by atoms with Gasteiger partial charge < -0.3 is 11.5 Å². The van der Waals surface area contributed by atoms with Crippen LogP contribution in [0.1, 0.15) is 60.3 Å². The van der Waals surface area contributed by atoms with Crippen LogP contribution in [0.5, 0.6) is 0 Å². The third kappa shape index (κ3) is 1.96. The van der Waals surface area contributed by atoms with Crippen molar-refractivity contribution in [3.63, 3.8) is 0 Å². The minimum Gasteiger partial charge on any atom is -0.327 e. The molecule has 0 aliphatic rings. The normalized spacial score (nSPS) is 15.6. The Morgan fingerprint density at radius 3 is 1.36 bits per heavy atom. The second kappa shape index (κ2) is 5.13. The summed E-state index contributed by atoms with van der Waals surface area (Å²) in [4.78, 5) is 0. The molecule has 0 aromatic carbocycles. The Morgan fingerprint density at radius 2 is 1.29 bits per heavy atom. The van der Waals surface area contributed by atoms with Crippen molar-refractivity contribution in [2.24, 2.45) is 16.9 Å². The maximum atomic E-state index is 6.52. The van der Waals surface area contributed by atoms with Crippen LogP contribution in [0, 0.1) is 5.41 Å². The zero-order valence-electron chi connectivity index (χ0n) is 10.6. The molecule has 0 spiro atoms. The van der Waals surface area contributed by atoms with E-state index in [9.17, 15) is 0 Å². The molecular formula is C12H28N2. The average Bonchev–Trinajstić information content (AvgIpc) is 2.19. The molecule has 0 saturated carbocycles. The lowest BCUT2D eigenvalue weighted by atomic mass is 9.60. The Labute approximate surface area is 89.4 Å². The fraction of sp³-hybridized carbons (Fsp3) is 1.00. The number of hydrogen-bond acceptors (Lipinski definition) is 2. The van der Waals surface area contributed by atoms with Crippen molar-refractivity contribution in [3.8, 4) is 0 Å². The van der Waals surface area contributed by atoms with Crippen LogP contribution >= 0.6 is 0 Å². The summed E-state index contributed by atoms with van der Waals surface area (Å²) in [6, 6.07) is 0.169. The molecule has 1 atom stereocenters. The summed E-state index contributed by atoms with van der Waals surface area (Å²) in [5, 5.41) is 0. The molecule has 14 heavy (non-hydrogen) atoms. The summed E-state index contributed by atoms with van der Waals surface area (Å²) in [7, 11) is 0. The molecule has 0 amide bonds. The number of nitrogens with two attached hydrogens (primary N) is 2. The van der Waals surface area contributed by atoms with E-state index in [0.717, 1.165) is 25.7 Å². The molecule has 1 unspecified atom stereocenters. The molecule has 2 heteroatoms. The van der Waals surface area contributed by atoms with Gasteiger partial charge in [0.1, 0.15) is 0 Å². The fourth-order valence-corrected chi connectivity index (χ4v) is 3.01. The van der Waals surface area contributed by atoms with E-state index in [2.05, 4.69) is 34.6 Å².